The predicted octanol–water partition coefficient (Wildman–Crippen LogP) is 4.45. The zero-order chi connectivity index (χ0) is 12.6. The highest BCUT2D eigenvalue weighted by Gasteiger charge is 1.98. The van der Waals surface area contributed by atoms with Gasteiger partial charge in [-0.15, -0.1) is 11.8 Å². The Labute approximate surface area is 114 Å². The molecule has 0 saturated carbocycles. The smallest absolute Gasteiger partial charge is 0.0478 e. The van der Waals surface area contributed by atoms with E-state index in [0.717, 1.165) is 19.4 Å². The summed E-state index contributed by atoms with van der Waals surface area (Å²) >= 11 is 1.79. The van der Waals surface area contributed by atoms with Crippen molar-refractivity contribution in [3.05, 3.63) is 60.2 Å². The van der Waals surface area contributed by atoms with Crippen LogP contribution in [0.1, 0.15) is 12.0 Å². The Morgan fingerprint density at radius 1 is 0.944 bits per heavy atom. The molecule has 94 valence electrons. The molecule has 1 nitrogen and oxygen atoms in total. The van der Waals surface area contributed by atoms with Crippen molar-refractivity contribution in [3.8, 4) is 0 Å². The van der Waals surface area contributed by atoms with E-state index in [9.17, 15) is 0 Å². The van der Waals surface area contributed by atoms with E-state index in [4.69, 9.17) is 0 Å². The lowest BCUT2D eigenvalue weighted by atomic mass is 10.1. The van der Waals surface area contributed by atoms with E-state index in [2.05, 4.69) is 66.2 Å². The molecule has 0 fully saturated rings. The van der Waals surface area contributed by atoms with Gasteiger partial charge in [0, 0.05) is 17.1 Å². The van der Waals surface area contributed by atoms with E-state index < -0.39 is 0 Å². The minimum absolute atomic E-state index is 1.02. The van der Waals surface area contributed by atoms with Crippen LogP contribution in [0.4, 0.5) is 5.69 Å². The third-order valence-corrected chi connectivity index (χ3v) is 3.70. The molecule has 2 aromatic rings. The van der Waals surface area contributed by atoms with Gasteiger partial charge in [-0.25, -0.2) is 0 Å². The average Bonchev–Trinajstić information content (AvgIpc) is 2.45. The lowest BCUT2D eigenvalue weighted by Gasteiger charge is -2.10. The van der Waals surface area contributed by atoms with E-state index >= 15 is 0 Å². The van der Waals surface area contributed by atoms with E-state index in [1.54, 1.807) is 11.8 Å². The molecular weight excluding hydrogens is 238 g/mol. The van der Waals surface area contributed by atoms with Crippen molar-refractivity contribution in [2.45, 2.75) is 17.7 Å². The molecule has 0 aliphatic rings. The Bertz CT molecular complexity index is 468. The van der Waals surface area contributed by atoms with Crippen molar-refractivity contribution < 1.29 is 0 Å². The summed E-state index contributed by atoms with van der Waals surface area (Å²) in [4.78, 5) is 1.32. The molecule has 18 heavy (non-hydrogen) atoms. The van der Waals surface area contributed by atoms with Crippen molar-refractivity contribution in [2.75, 3.05) is 18.1 Å². The lowest BCUT2D eigenvalue weighted by molar-refractivity contribution is 0.861. The fourth-order valence-electron chi connectivity index (χ4n) is 1.95. The number of nitrogens with one attached hydrogen (secondary N) is 1. The van der Waals surface area contributed by atoms with Crippen LogP contribution in [0.2, 0.25) is 0 Å². The van der Waals surface area contributed by atoms with Crippen molar-refractivity contribution >= 4 is 17.4 Å². The van der Waals surface area contributed by atoms with Crippen LogP contribution in [0.15, 0.2) is 59.5 Å². The molecular formula is C16H19NS. The fraction of sp³-hybridized carbons (Fsp3) is 0.250. The molecule has 2 aromatic carbocycles. The Hall–Kier alpha value is -1.41. The maximum absolute atomic E-state index is 3.51. The molecule has 0 aliphatic carbocycles. The largest absolute Gasteiger partial charge is 0.384 e. The zero-order valence-corrected chi connectivity index (χ0v) is 11.5. The monoisotopic (exact) mass is 257 g/mol. The van der Waals surface area contributed by atoms with Gasteiger partial charge in [0.05, 0.1) is 0 Å². The second kappa shape index (κ2) is 7.12. The van der Waals surface area contributed by atoms with Crippen LogP contribution >= 0.6 is 11.8 Å². The third kappa shape index (κ3) is 3.81. The molecule has 0 radical (unpaired) electrons. The zero-order valence-electron chi connectivity index (χ0n) is 10.7. The highest BCUT2D eigenvalue weighted by atomic mass is 32.2. The summed E-state index contributed by atoms with van der Waals surface area (Å²) in [5, 5.41) is 3.51. The van der Waals surface area contributed by atoms with Crippen molar-refractivity contribution in [1.82, 2.24) is 0 Å². The first-order valence-corrected chi connectivity index (χ1v) is 7.53. The Balaban J connectivity index is 1.78. The van der Waals surface area contributed by atoms with E-state index in [-0.39, 0.29) is 0 Å². The number of hydrogen-bond acceptors (Lipinski definition) is 2. The molecule has 0 aliphatic heterocycles. The molecule has 0 unspecified atom stereocenters. The molecule has 0 bridgehead atoms. The van der Waals surface area contributed by atoms with Crippen LogP contribution in [0.5, 0.6) is 0 Å². The standard InChI is InChI=1S/C16H19NS/c1-18-16-12-6-5-11-15(16)17-13-7-10-14-8-3-2-4-9-14/h2-6,8-9,11-12,17H,7,10,13H2,1H3. The van der Waals surface area contributed by atoms with Crippen LogP contribution in [0.25, 0.3) is 0 Å². The minimum atomic E-state index is 1.02. The van der Waals surface area contributed by atoms with Gasteiger partial charge in [-0.05, 0) is 36.8 Å². The topological polar surface area (TPSA) is 12.0 Å². The number of para-hydroxylation sites is 1. The molecule has 2 rings (SSSR count). The molecule has 2 heteroatoms. The van der Waals surface area contributed by atoms with Gasteiger partial charge < -0.3 is 5.32 Å². The van der Waals surface area contributed by atoms with Crippen LogP contribution in [0, 0.1) is 0 Å². The van der Waals surface area contributed by atoms with Gasteiger partial charge in [0.2, 0.25) is 0 Å². The molecule has 0 atom stereocenters. The number of thioether (sulfide) groups is 1. The van der Waals surface area contributed by atoms with Gasteiger partial charge in [-0.1, -0.05) is 42.5 Å². The minimum Gasteiger partial charge on any atom is -0.384 e. The van der Waals surface area contributed by atoms with Crippen LogP contribution in [-0.4, -0.2) is 12.8 Å². The van der Waals surface area contributed by atoms with E-state index in [0.29, 0.717) is 0 Å². The second-order valence-corrected chi connectivity index (χ2v) is 5.06. The van der Waals surface area contributed by atoms with Crippen LogP contribution in [-0.2, 0) is 6.42 Å². The van der Waals surface area contributed by atoms with Crippen molar-refractivity contribution in [1.29, 1.82) is 0 Å². The van der Waals surface area contributed by atoms with Gasteiger partial charge in [-0.3, -0.25) is 0 Å². The quantitative estimate of drug-likeness (QED) is 0.606. The first-order chi connectivity index (χ1) is 8.90. The summed E-state index contributed by atoms with van der Waals surface area (Å²) in [6, 6.07) is 19.1. The Morgan fingerprint density at radius 2 is 1.67 bits per heavy atom. The molecule has 0 amide bonds. The van der Waals surface area contributed by atoms with E-state index in [1.165, 1.54) is 16.1 Å². The average molecular weight is 257 g/mol. The third-order valence-electron chi connectivity index (χ3n) is 2.91. The summed E-state index contributed by atoms with van der Waals surface area (Å²) in [6.45, 7) is 1.02. The molecule has 1 N–H and O–H groups in total. The Kier molecular flexibility index (Phi) is 5.15. The fourth-order valence-corrected chi connectivity index (χ4v) is 2.53. The predicted molar refractivity (Wildman–Crippen MR) is 81.5 cm³/mol. The van der Waals surface area contributed by atoms with Gasteiger partial charge in [0.1, 0.15) is 0 Å². The number of benzene rings is 2. The summed E-state index contributed by atoms with van der Waals surface area (Å²) in [5.41, 5.74) is 2.66. The highest BCUT2D eigenvalue weighted by molar-refractivity contribution is 7.98. The number of hydrogen-bond donors (Lipinski definition) is 1. The lowest BCUT2D eigenvalue weighted by Crippen LogP contribution is -2.03. The number of anilines is 1. The van der Waals surface area contributed by atoms with Crippen LogP contribution in [0.3, 0.4) is 0 Å². The molecule has 0 spiro atoms. The SMILES string of the molecule is CSc1ccccc1NCCCc1ccccc1. The molecule has 0 aromatic heterocycles. The van der Waals surface area contributed by atoms with Gasteiger partial charge in [0.25, 0.3) is 0 Å². The Morgan fingerprint density at radius 3 is 2.44 bits per heavy atom. The van der Waals surface area contributed by atoms with Crippen molar-refractivity contribution in [3.63, 3.8) is 0 Å². The number of aryl methyl sites for hydroxylation is 1. The highest BCUT2D eigenvalue weighted by Crippen LogP contribution is 2.24. The maximum Gasteiger partial charge on any atom is 0.0478 e. The second-order valence-electron chi connectivity index (χ2n) is 4.22. The van der Waals surface area contributed by atoms with Gasteiger partial charge in [0.15, 0.2) is 0 Å². The van der Waals surface area contributed by atoms with Crippen molar-refractivity contribution in [2.24, 2.45) is 0 Å². The summed E-state index contributed by atoms with van der Waals surface area (Å²) in [6.07, 6.45) is 4.41. The van der Waals surface area contributed by atoms with E-state index in [1.807, 2.05) is 0 Å². The normalized spacial score (nSPS) is 10.3. The number of rotatable bonds is 6. The summed E-state index contributed by atoms with van der Waals surface area (Å²) < 4.78 is 0. The first kappa shape index (κ1) is 13.0. The summed E-state index contributed by atoms with van der Waals surface area (Å²) in [7, 11) is 0. The summed E-state index contributed by atoms with van der Waals surface area (Å²) in [5.74, 6) is 0. The van der Waals surface area contributed by atoms with Gasteiger partial charge in [-0.2, -0.15) is 0 Å². The van der Waals surface area contributed by atoms with Gasteiger partial charge >= 0.3 is 0 Å². The van der Waals surface area contributed by atoms with Crippen LogP contribution < -0.4 is 5.32 Å². The first-order valence-electron chi connectivity index (χ1n) is 6.31. The maximum atomic E-state index is 3.51. The molecule has 0 saturated heterocycles. The molecule has 0 heterocycles.